The van der Waals surface area contributed by atoms with Gasteiger partial charge in [-0.15, -0.1) is 9.80 Å². The first kappa shape index (κ1) is 36.3. The number of hydrogen-bond acceptors (Lipinski definition) is 11. The number of esters is 2. The van der Waals surface area contributed by atoms with Crippen LogP contribution >= 0.6 is 42.6 Å². The number of rotatable bonds is 13. The average Bonchev–Trinajstić information content (AvgIpc) is 3.49. The standard InChI is InChI=1S/C28H36ClN7O5.HIS/c1-5-21(13-40-26(38)16(3)30)34-28-33-11-15(2)24(36-28)19-10-22(32-12-19)25(37)35-23(14-41-27(39)17(4)31)18-7-6-8-20(29)9-18;1-2/h6-12,16-17,21,23,32H,5,13-14,30-31H2,1-4H3,(H,35,37)(H,33,34,36);2H/t16-,17-,21+,23+;/m0./s1. The Bertz CT molecular complexity index is 1370. The quantitative estimate of drug-likeness (QED) is 0.0844. The average molecular weight is 746 g/mol. The van der Waals surface area contributed by atoms with Gasteiger partial charge in [-0.05, 0) is 77.7 Å². The van der Waals surface area contributed by atoms with Crippen LogP contribution in [0.1, 0.15) is 54.8 Å². The Kier molecular flexibility index (Phi) is 15.2. The molecule has 3 rings (SSSR count). The van der Waals surface area contributed by atoms with Crippen molar-refractivity contribution in [2.24, 2.45) is 11.5 Å². The summed E-state index contributed by atoms with van der Waals surface area (Å²) in [4.78, 5) is 48.9. The molecule has 15 heteroatoms. The fraction of sp³-hybridized carbons (Fsp3) is 0.393. The maximum atomic E-state index is 13.2. The van der Waals surface area contributed by atoms with Crippen molar-refractivity contribution in [1.29, 1.82) is 0 Å². The van der Waals surface area contributed by atoms with Gasteiger partial charge < -0.3 is 36.6 Å². The minimum absolute atomic E-state index is 0.116. The molecule has 2 aromatic heterocycles. The maximum Gasteiger partial charge on any atom is 0.322 e. The van der Waals surface area contributed by atoms with Crippen LogP contribution in [-0.4, -0.2) is 64.1 Å². The summed E-state index contributed by atoms with van der Waals surface area (Å²) in [6.07, 6.45) is 3.99. The summed E-state index contributed by atoms with van der Waals surface area (Å²) in [6.45, 7) is 6.87. The third kappa shape index (κ3) is 11.3. The zero-order chi connectivity index (χ0) is 32.1. The fourth-order valence-corrected chi connectivity index (χ4v) is 3.90. The van der Waals surface area contributed by atoms with Crippen molar-refractivity contribution < 1.29 is 23.9 Å². The lowest BCUT2D eigenvalue weighted by molar-refractivity contribution is -0.146. The number of anilines is 1. The molecule has 0 unspecified atom stereocenters. The number of aryl methyl sites for hydroxylation is 1. The molecule has 1 aromatic carbocycles. The highest BCUT2D eigenvalue weighted by Crippen LogP contribution is 2.24. The normalized spacial score (nSPS) is 13.4. The Balaban J connectivity index is 0.00000316. The van der Waals surface area contributed by atoms with Gasteiger partial charge in [-0.1, -0.05) is 30.7 Å². The highest BCUT2D eigenvalue weighted by Gasteiger charge is 2.21. The predicted molar refractivity (Wildman–Crippen MR) is 178 cm³/mol. The summed E-state index contributed by atoms with van der Waals surface area (Å²) in [5.74, 6) is -1.16. The van der Waals surface area contributed by atoms with Crippen molar-refractivity contribution >= 4 is 66.4 Å². The zero-order valence-electron chi connectivity index (χ0n) is 24.3. The van der Waals surface area contributed by atoms with E-state index in [1.165, 1.54) is 6.92 Å². The van der Waals surface area contributed by atoms with Gasteiger partial charge in [0.05, 0.1) is 17.8 Å². The molecule has 1 amide bonds. The van der Waals surface area contributed by atoms with Crippen LogP contribution in [0, 0.1) is 6.92 Å². The van der Waals surface area contributed by atoms with E-state index in [9.17, 15) is 14.4 Å². The van der Waals surface area contributed by atoms with Crippen LogP contribution in [0.15, 0.2) is 42.7 Å². The van der Waals surface area contributed by atoms with Crippen LogP contribution < -0.4 is 22.1 Å². The van der Waals surface area contributed by atoms with E-state index in [4.69, 9.17) is 32.5 Å². The molecule has 0 aliphatic rings. The second-order valence-electron chi connectivity index (χ2n) is 9.70. The van der Waals surface area contributed by atoms with Gasteiger partial charge in [0.25, 0.3) is 5.91 Å². The molecule has 0 radical (unpaired) electrons. The molecule has 0 spiro atoms. The first-order valence-corrected chi connectivity index (χ1v) is 17.0. The van der Waals surface area contributed by atoms with Crippen LogP contribution in [0.2, 0.25) is 5.02 Å². The molecule has 234 valence electrons. The molecule has 0 bridgehead atoms. The molecule has 7 N–H and O–H groups in total. The highest BCUT2D eigenvalue weighted by atomic mass is 127. The number of H-pyrrole nitrogens is 1. The minimum atomic E-state index is -0.801. The number of ether oxygens (including phenoxy) is 2. The lowest BCUT2D eigenvalue weighted by Crippen LogP contribution is -2.35. The molecule has 0 saturated carbocycles. The summed E-state index contributed by atoms with van der Waals surface area (Å²) in [5.41, 5.74) is 14.2. The van der Waals surface area contributed by atoms with Gasteiger partial charge in [0.15, 0.2) is 0 Å². The number of nitrogens with zero attached hydrogens (tertiary/aromatic N) is 2. The summed E-state index contributed by atoms with van der Waals surface area (Å²) in [6, 6.07) is 6.17. The van der Waals surface area contributed by atoms with E-state index in [1.807, 2.05) is 35.1 Å². The minimum Gasteiger partial charge on any atom is -0.462 e. The first-order valence-electron chi connectivity index (χ1n) is 13.3. The van der Waals surface area contributed by atoms with E-state index < -0.39 is 36.0 Å². The maximum absolute atomic E-state index is 13.2. The van der Waals surface area contributed by atoms with E-state index in [1.54, 1.807) is 49.6 Å². The second kappa shape index (κ2) is 18.0. The molecule has 12 nitrogen and oxygen atoms in total. The van der Waals surface area contributed by atoms with Gasteiger partial charge in [0.2, 0.25) is 5.95 Å². The highest BCUT2D eigenvalue weighted by molar-refractivity contribution is 14.2. The first-order chi connectivity index (χ1) is 20.5. The topological polar surface area (TPSA) is 187 Å². The van der Waals surface area contributed by atoms with Crippen LogP contribution in [0.5, 0.6) is 0 Å². The summed E-state index contributed by atoms with van der Waals surface area (Å²) < 4.78 is 10.5. The number of nitrogens with one attached hydrogen (secondary N) is 3. The van der Waals surface area contributed by atoms with Crippen LogP contribution in [-0.2, 0) is 19.1 Å². The monoisotopic (exact) mass is 745 g/mol. The number of aromatic amines is 1. The lowest BCUT2D eigenvalue weighted by atomic mass is 10.1. The van der Waals surface area contributed by atoms with Crippen molar-refractivity contribution in [3.63, 3.8) is 0 Å². The van der Waals surface area contributed by atoms with Gasteiger partial charge >= 0.3 is 11.9 Å². The lowest BCUT2D eigenvalue weighted by Gasteiger charge is -2.20. The molecule has 0 aliphatic carbocycles. The number of thiol groups is 1. The number of nitrogens with two attached hydrogens (primary N) is 2. The van der Waals surface area contributed by atoms with E-state index >= 15 is 0 Å². The van der Waals surface area contributed by atoms with E-state index in [-0.39, 0.29) is 24.9 Å². The Labute approximate surface area is 273 Å². The Morgan fingerprint density at radius 2 is 1.74 bits per heavy atom. The van der Waals surface area contributed by atoms with Crippen molar-refractivity contribution in [1.82, 2.24) is 20.3 Å². The molecular formula is C28H37ClIN7O5S. The molecular weight excluding hydrogens is 709 g/mol. The number of benzene rings is 1. The molecule has 3 aromatic rings. The largest absolute Gasteiger partial charge is 0.462 e. The predicted octanol–water partition coefficient (Wildman–Crippen LogP) is 4.14. The smallest absolute Gasteiger partial charge is 0.322 e. The van der Waals surface area contributed by atoms with Crippen LogP contribution in [0.4, 0.5) is 5.95 Å². The SMILES string of the molecule is CC[C@H](COC(=O)[C@H](C)N)Nc1ncc(C)c(-c2c[nH]c(C(=O)N[C@H](COC(=O)[C@H](C)N)c3cccc(Cl)c3)c2)n1.SI. The van der Waals surface area contributed by atoms with Gasteiger partial charge in [-0.3, -0.25) is 14.4 Å². The Hall–Kier alpha value is -2.92. The fourth-order valence-electron chi connectivity index (χ4n) is 3.70. The summed E-state index contributed by atoms with van der Waals surface area (Å²) in [7, 11) is 3.50. The van der Waals surface area contributed by atoms with Crippen molar-refractivity contribution in [3.8, 4) is 11.3 Å². The van der Waals surface area contributed by atoms with Crippen LogP contribution in [0.3, 0.4) is 0 Å². The number of aromatic nitrogens is 3. The third-order valence-electron chi connectivity index (χ3n) is 6.12. The second-order valence-corrected chi connectivity index (χ2v) is 10.1. The van der Waals surface area contributed by atoms with Crippen molar-refractivity contribution in [3.05, 3.63) is 64.6 Å². The zero-order valence-corrected chi connectivity index (χ0v) is 28.1. The number of amides is 1. The third-order valence-corrected chi connectivity index (χ3v) is 6.35. The Morgan fingerprint density at radius 1 is 1.09 bits per heavy atom. The molecule has 2 heterocycles. The van der Waals surface area contributed by atoms with E-state index in [0.717, 1.165) is 5.56 Å². The number of hydrogen-bond donors (Lipinski definition) is 6. The van der Waals surface area contributed by atoms with Crippen molar-refractivity contribution in [2.75, 3.05) is 18.5 Å². The van der Waals surface area contributed by atoms with Gasteiger partial charge in [0, 0.05) is 23.0 Å². The van der Waals surface area contributed by atoms with Crippen LogP contribution in [0.25, 0.3) is 11.3 Å². The number of carbonyl (C=O) groups is 3. The number of halogens is 2. The molecule has 0 aliphatic heterocycles. The molecule has 0 saturated heterocycles. The van der Waals surface area contributed by atoms with Gasteiger partial charge in [-0.2, -0.15) is 0 Å². The van der Waals surface area contributed by atoms with E-state index in [2.05, 4.69) is 35.4 Å². The molecule has 43 heavy (non-hydrogen) atoms. The van der Waals surface area contributed by atoms with Gasteiger partial charge in [-0.25, -0.2) is 9.97 Å². The molecule has 0 fully saturated rings. The Morgan fingerprint density at radius 3 is 2.35 bits per heavy atom. The van der Waals surface area contributed by atoms with Gasteiger partial charge in [0.1, 0.15) is 31.0 Å². The van der Waals surface area contributed by atoms with Crippen molar-refractivity contribution in [2.45, 2.75) is 58.3 Å². The molecule has 4 atom stereocenters. The summed E-state index contributed by atoms with van der Waals surface area (Å²) in [5, 5.41) is 6.54. The van der Waals surface area contributed by atoms with E-state index in [0.29, 0.717) is 34.2 Å². The summed E-state index contributed by atoms with van der Waals surface area (Å²) >= 11 is 7.99. The number of carbonyl (C=O) groups excluding carboxylic acids is 3.